The Morgan fingerprint density at radius 1 is 1.25 bits per heavy atom. The molecule has 4 atom stereocenters. The van der Waals surface area contributed by atoms with Gasteiger partial charge in [-0.3, -0.25) is 19.7 Å². The normalized spacial score (nSPS) is 20.2. The van der Waals surface area contributed by atoms with E-state index in [0.717, 1.165) is 24.3 Å². The van der Waals surface area contributed by atoms with Crippen molar-refractivity contribution in [3.8, 4) is 0 Å². The van der Waals surface area contributed by atoms with Gasteiger partial charge >= 0.3 is 11.9 Å². The molecule has 1 aliphatic rings. The van der Waals surface area contributed by atoms with E-state index in [-0.39, 0.29) is 17.2 Å². The number of nitrogens with one attached hydrogen (secondary N) is 1. The van der Waals surface area contributed by atoms with E-state index in [2.05, 4.69) is 16.6 Å². The Bertz CT molecular complexity index is 860. The van der Waals surface area contributed by atoms with Crippen molar-refractivity contribution in [3.63, 3.8) is 0 Å². The van der Waals surface area contributed by atoms with Crippen molar-refractivity contribution in [1.29, 1.82) is 0 Å². The summed E-state index contributed by atoms with van der Waals surface area (Å²) in [5.41, 5.74) is 4.86. The molecule has 0 aromatic heterocycles. The smallest absolute Gasteiger partial charge is 0.349 e. The largest absolute Gasteiger partial charge is 0.386 e. The molecule has 1 aromatic rings. The first-order valence-electron chi connectivity index (χ1n) is 8.34. The second kappa shape index (κ2) is 8.09. The number of carbonyl (C=O) groups is 4. The van der Waals surface area contributed by atoms with Crippen LogP contribution in [0, 0.1) is 22.0 Å². The maximum atomic E-state index is 12.5. The molecule has 148 valence electrons. The molecule has 1 amide bonds. The number of rotatable bonds is 7. The van der Waals surface area contributed by atoms with Gasteiger partial charge in [-0.05, 0) is 19.1 Å². The molecule has 2 rings (SSSR count). The van der Waals surface area contributed by atoms with Gasteiger partial charge in [-0.15, -0.1) is 0 Å². The maximum Gasteiger partial charge on any atom is 0.349 e. The molecule has 1 aromatic carbocycles. The number of ketones is 1. The lowest BCUT2D eigenvalue weighted by Gasteiger charge is -2.42. The Balaban J connectivity index is 2.00. The molecular weight excluding hydrogens is 370 g/mol. The van der Waals surface area contributed by atoms with Crippen LogP contribution in [0.15, 0.2) is 36.4 Å². The third kappa shape index (κ3) is 4.12. The van der Waals surface area contributed by atoms with Crippen LogP contribution in [0.1, 0.15) is 24.2 Å². The predicted octanol–water partition coefficient (Wildman–Crippen LogP) is 0.501. The molecule has 0 aliphatic carbocycles. The summed E-state index contributed by atoms with van der Waals surface area (Å²) in [5.74, 6) is -4.62. The van der Waals surface area contributed by atoms with E-state index < -0.39 is 52.1 Å². The summed E-state index contributed by atoms with van der Waals surface area (Å²) in [7, 11) is 0. The van der Waals surface area contributed by atoms with E-state index in [9.17, 15) is 29.3 Å². The van der Waals surface area contributed by atoms with Gasteiger partial charge in [0.05, 0.1) is 28.0 Å². The van der Waals surface area contributed by atoms with Crippen molar-refractivity contribution in [2.75, 3.05) is 0 Å². The molecule has 0 saturated carbocycles. The summed E-state index contributed by atoms with van der Waals surface area (Å²) in [5, 5.41) is 13.2. The van der Waals surface area contributed by atoms with Gasteiger partial charge in [-0.2, -0.15) is 0 Å². The first kappa shape index (κ1) is 20.9. The number of hydrogen-bond donors (Lipinski definition) is 2. The Morgan fingerprint density at radius 2 is 1.82 bits per heavy atom. The van der Waals surface area contributed by atoms with E-state index in [4.69, 9.17) is 5.73 Å². The number of carbonyl (C=O) groups excluding carboxylic acids is 4. The first-order chi connectivity index (χ1) is 13.0. The van der Waals surface area contributed by atoms with Gasteiger partial charge in [0.15, 0.2) is 5.78 Å². The van der Waals surface area contributed by atoms with Crippen LogP contribution in [0.4, 0.5) is 5.69 Å². The average molecular weight is 389 g/mol. The number of non-ortho nitro benzene ring substituents is 1. The highest BCUT2D eigenvalue weighted by Gasteiger charge is 2.47. The highest BCUT2D eigenvalue weighted by molar-refractivity contribution is 6.20. The predicted molar refractivity (Wildman–Crippen MR) is 95.9 cm³/mol. The molecule has 0 bridgehead atoms. The fourth-order valence-electron chi connectivity index (χ4n) is 2.88. The number of amides is 1. The molecule has 1 heterocycles. The fraction of sp³-hybridized carbons (Fsp3) is 0.333. The molecule has 2 unspecified atom stereocenters. The van der Waals surface area contributed by atoms with Gasteiger partial charge in [0.1, 0.15) is 0 Å². The van der Waals surface area contributed by atoms with Gasteiger partial charge in [0, 0.05) is 24.1 Å². The number of benzene rings is 1. The third-order valence-electron chi connectivity index (χ3n) is 4.56. The minimum absolute atomic E-state index is 0.101. The molecule has 28 heavy (non-hydrogen) atoms. The summed E-state index contributed by atoms with van der Waals surface area (Å²) in [4.78, 5) is 58.1. The number of nitrogens with two attached hydrogens (primary N) is 1. The third-order valence-corrected chi connectivity index (χ3v) is 4.56. The zero-order valence-electron chi connectivity index (χ0n) is 15.2. The van der Waals surface area contributed by atoms with Crippen molar-refractivity contribution in [2.24, 2.45) is 17.6 Å². The van der Waals surface area contributed by atoms with E-state index in [0.29, 0.717) is 0 Å². The minimum Gasteiger partial charge on any atom is -0.386 e. The van der Waals surface area contributed by atoms with Crippen LogP contribution in [0.2, 0.25) is 0 Å². The average Bonchev–Trinajstić information content (AvgIpc) is 2.63. The molecule has 0 radical (unpaired) electrons. The maximum absolute atomic E-state index is 12.5. The molecule has 10 heteroatoms. The van der Waals surface area contributed by atoms with Gasteiger partial charge in [0.25, 0.3) is 5.69 Å². The lowest BCUT2D eigenvalue weighted by atomic mass is 9.75. The topological polar surface area (TPSA) is 159 Å². The molecule has 3 N–H and O–H groups in total. The summed E-state index contributed by atoms with van der Waals surface area (Å²) < 4.78 is 4.62. The van der Waals surface area contributed by atoms with E-state index >= 15 is 0 Å². The Morgan fingerprint density at radius 3 is 2.29 bits per heavy atom. The van der Waals surface area contributed by atoms with Gasteiger partial charge in [0.2, 0.25) is 5.91 Å². The molecule has 1 fully saturated rings. The number of hydrogen-bond acceptors (Lipinski definition) is 8. The van der Waals surface area contributed by atoms with Crippen LogP contribution in [0.3, 0.4) is 0 Å². The van der Waals surface area contributed by atoms with Crippen LogP contribution < -0.4 is 11.1 Å². The number of esters is 2. The van der Waals surface area contributed by atoms with Crippen LogP contribution in [0.5, 0.6) is 0 Å². The monoisotopic (exact) mass is 389 g/mol. The van der Waals surface area contributed by atoms with Gasteiger partial charge in [-0.1, -0.05) is 13.5 Å². The number of ether oxygens (including phenoxy) is 1. The number of nitro groups is 1. The summed E-state index contributed by atoms with van der Waals surface area (Å²) in [6.45, 7) is 6.53. The zero-order chi connectivity index (χ0) is 21.2. The van der Waals surface area contributed by atoms with E-state index in [1.165, 1.54) is 6.92 Å². The standard InChI is InChI=1S/C18H19N3O7/c1-8(14-13(10(3)19)16(23)20-14)15(22)9(2)17(24)28-18(25)11-4-6-12(7-5-11)21(26)27/h4-8,10,13-14H,2,19H2,1,3H3,(H,20,23)/t8?,10?,13-,14-/m1/s1. The van der Waals surface area contributed by atoms with Gasteiger partial charge in [-0.25, -0.2) is 9.59 Å². The Labute approximate surface area is 159 Å². The van der Waals surface area contributed by atoms with Crippen molar-refractivity contribution in [3.05, 3.63) is 52.1 Å². The van der Waals surface area contributed by atoms with Crippen LogP contribution in [-0.2, 0) is 19.1 Å². The van der Waals surface area contributed by atoms with E-state index in [1.807, 2.05) is 0 Å². The number of Topliss-reactive ketones (excluding diaryl/α,β-unsaturated/α-hetero) is 1. The first-order valence-corrected chi connectivity index (χ1v) is 8.34. The minimum atomic E-state index is -1.23. The second-order valence-electron chi connectivity index (χ2n) is 6.53. The number of nitro benzene ring substituents is 1. The molecule has 1 saturated heterocycles. The van der Waals surface area contributed by atoms with Crippen molar-refractivity contribution in [1.82, 2.24) is 5.32 Å². The van der Waals surface area contributed by atoms with Gasteiger partial charge < -0.3 is 15.8 Å². The fourth-order valence-corrected chi connectivity index (χ4v) is 2.88. The molecule has 10 nitrogen and oxygen atoms in total. The van der Waals surface area contributed by atoms with Crippen molar-refractivity contribution in [2.45, 2.75) is 25.9 Å². The summed E-state index contributed by atoms with van der Waals surface area (Å²) >= 11 is 0. The number of β-lactam (4-membered cyclic amide) rings is 1. The SMILES string of the molecule is C=C(C(=O)OC(=O)c1ccc([N+](=O)[O-])cc1)C(=O)C(C)[C@H]1NC(=O)[C@@H]1C(C)N. The second-order valence-corrected chi connectivity index (χ2v) is 6.53. The highest BCUT2D eigenvalue weighted by atomic mass is 16.6. The van der Waals surface area contributed by atoms with E-state index in [1.54, 1.807) is 6.92 Å². The summed E-state index contributed by atoms with van der Waals surface area (Å²) in [6.07, 6.45) is 0. The lowest BCUT2D eigenvalue weighted by molar-refractivity contribution is -0.384. The lowest BCUT2D eigenvalue weighted by Crippen LogP contribution is -2.66. The molecule has 1 aliphatic heterocycles. The highest BCUT2D eigenvalue weighted by Crippen LogP contribution is 2.27. The quantitative estimate of drug-likeness (QED) is 0.130. The molecule has 0 spiro atoms. The van der Waals surface area contributed by atoms with Crippen LogP contribution in [0.25, 0.3) is 0 Å². The van der Waals surface area contributed by atoms with Crippen molar-refractivity contribution >= 4 is 29.3 Å². The zero-order valence-corrected chi connectivity index (χ0v) is 15.2. The number of nitrogens with zero attached hydrogens (tertiary/aromatic N) is 1. The van der Waals surface area contributed by atoms with Crippen LogP contribution in [-0.4, -0.2) is 40.6 Å². The summed E-state index contributed by atoms with van der Waals surface area (Å²) in [6, 6.07) is 3.39. The molecular formula is C18H19N3O7. The van der Waals surface area contributed by atoms with Crippen molar-refractivity contribution < 1.29 is 28.8 Å². The van der Waals surface area contributed by atoms with Crippen LogP contribution >= 0.6 is 0 Å². The Hall–Kier alpha value is -3.40. The Kier molecular flexibility index (Phi) is 6.04.